The summed E-state index contributed by atoms with van der Waals surface area (Å²) in [4.78, 5) is 23.7. The van der Waals surface area contributed by atoms with Crippen LogP contribution in [0.15, 0.2) is 30.3 Å². The van der Waals surface area contributed by atoms with Crippen LogP contribution in [0.2, 0.25) is 0 Å². The number of nitrogens with zero attached hydrogens (tertiary/aromatic N) is 5. The van der Waals surface area contributed by atoms with Gasteiger partial charge >= 0.3 is 0 Å². The minimum atomic E-state index is -0.423. The first kappa shape index (κ1) is 18.0. The number of rotatable bonds is 6. The highest BCUT2D eigenvalue weighted by atomic mass is 16.6. The number of nitro groups is 1. The number of aliphatic hydroxyl groups is 1. The van der Waals surface area contributed by atoms with Crippen LogP contribution in [-0.4, -0.2) is 64.2 Å². The lowest BCUT2D eigenvalue weighted by Crippen LogP contribution is -2.47. The second-order valence-corrected chi connectivity index (χ2v) is 6.14. The molecule has 2 heterocycles. The van der Waals surface area contributed by atoms with E-state index in [0.29, 0.717) is 18.2 Å². The first-order valence-electron chi connectivity index (χ1n) is 8.50. The Hall–Kier alpha value is -2.78. The standard InChI is InChI=1S/C17H22N6O3/c1-13-18-16(20-14-2-4-15(5-3-14)23(25)26)12-17(19-13)22-8-6-21(7-9-22)10-11-24/h2-5,12,24H,6-11H2,1H3,(H,18,19,20). The second kappa shape index (κ2) is 8.07. The van der Waals surface area contributed by atoms with Crippen molar-refractivity contribution in [3.05, 3.63) is 46.3 Å². The molecule has 1 aromatic carbocycles. The molecule has 26 heavy (non-hydrogen) atoms. The monoisotopic (exact) mass is 358 g/mol. The van der Waals surface area contributed by atoms with Crippen LogP contribution in [0.5, 0.6) is 0 Å². The summed E-state index contributed by atoms with van der Waals surface area (Å²) in [6, 6.07) is 8.11. The molecule has 1 fully saturated rings. The summed E-state index contributed by atoms with van der Waals surface area (Å²) >= 11 is 0. The van der Waals surface area contributed by atoms with Gasteiger partial charge in [0.1, 0.15) is 17.5 Å². The van der Waals surface area contributed by atoms with Gasteiger partial charge in [0.05, 0.1) is 11.5 Å². The zero-order valence-electron chi connectivity index (χ0n) is 14.6. The fourth-order valence-corrected chi connectivity index (χ4v) is 2.93. The Morgan fingerprint density at radius 2 is 1.88 bits per heavy atom. The van der Waals surface area contributed by atoms with E-state index >= 15 is 0 Å². The van der Waals surface area contributed by atoms with Gasteiger partial charge in [0.25, 0.3) is 5.69 Å². The quantitative estimate of drug-likeness (QED) is 0.591. The Balaban J connectivity index is 1.70. The number of β-amino-alcohol motifs (C(OH)–C–C–N with tert-alkyl or cyclic N) is 1. The number of benzene rings is 1. The first-order chi connectivity index (χ1) is 12.5. The molecule has 1 aliphatic heterocycles. The van der Waals surface area contributed by atoms with Gasteiger partial charge in [-0.15, -0.1) is 0 Å². The van der Waals surface area contributed by atoms with Crippen LogP contribution < -0.4 is 10.2 Å². The molecule has 0 bridgehead atoms. The largest absolute Gasteiger partial charge is 0.395 e. The SMILES string of the molecule is Cc1nc(Nc2ccc([N+](=O)[O-])cc2)cc(N2CCN(CCO)CC2)n1. The summed E-state index contributed by atoms with van der Waals surface area (Å²) < 4.78 is 0. The van der Waals surface area contributed by atoms with E-state index in [2.05, 4.69) is 25.1 Å². The average Bonchev–Trinajstić information content (AvgIpc) is 2.62. The number of nitro benzene ring substituents is 1. The predicted octanol–water partition coefficient (Wildman–Crippen LogP) is 1.55. The van der Waals surface area contributed by atoms with E-state index in [-0.39, 0.29) is 12.3 Å². The van der Waals surface area contributed by atoms with E-state index < -0.39 is 4.92 Å². The maximum Gasteiger partial charge on any atom is 0.269 e. The summed E-state index contributed by atoms with van der Waals surface area (Å²) in [5.41, 5.74) is 0.781. The molecular formula is C17H22N6O3. The molecule has 1 aromatic heterocycles. The van der Waals surface area contributed by atoms with E-state index in [1.807, 2.05) is 13.0 Å². The molecule has 0 atom stereocenters. The van der Waals surface area contributed by atoms with Crippen molar-refractivity contribution in [2.75, 3.05) is 49.5 Å². The number of anilines is 3. The van der Waals surface area contributed by atoms with E-state index in [9.17, 15) is 10.1 Å². The van der Waals surface area contributed by atoms with E-state index in [1.165, 1.54) is 12.1 Å². The van der Waals surface area contributed by atoms with Crippen molar-refractivity contribution in [1.29, 1.82) is 0 Å². The van der Waals surface area contributed by atoms with Gasteiger partial charge in [-0.3, -0.25) is 15.0 Å². The van der Waals surface area contributed by atoms with Crippen molar-refractivity contribution in [2.45, 2.75) is 6.92 Å². The Bertz CT molecular complexity index is 760. The molecule has 0 amide bonds. The highest BCUT2D eigenvalue weighted by Crippen LogP contribution is 2.22. The van der Waals surface area contributed by atoms with Crippen molar-refractivity contribution < 1.29 is 10.0 Å². The minimum absolute atomic E-state index is 0.0517. The van der Waals surface area contributed by atoms with Gasteiger partial charge < -0.3 is 15.3 Å². The molecule has 9 nitrogen and oxygen atoms in total. The molecule has 1 saturated heterocycles. The lowest BCUT2D eigenvalue weighted by atomic mass is 10.2. The number of nitrogens with one attached hydrogen (secondary N) is 1. The molecule has 3 rings (SSSR count). The van der Waals surface area contributed by atoms with Gasteiger partial charge in [0, 0.05) is 56.6 Å². The molecule has 1 aliphatic rings. The third kappa shape index (κ3) is 4.44. The van der Waals surface area contributed by atoms with Crippen molar-refractivity contribution in [3.63, 3.8) is 0 Å². The van der Waals surface area contributed by atoms with Crippen LogP contribution in [0.25, 0.3) is 0 Å². The van der Waals surface area contributed by atoms with Crippen LogP contribution in [0, 0.1) is 17.0 Å². The summed E-state index contributed by atoms with van der Waals surface area (Å²) in [6.45, 7) is 6.16. The van der Waals surface area contributed by atoms with Crippen molar-refractivity contribution in [1.82, 2.24) is 14.9 Å². The zero-order valence-corrected chi connectivity index (χ0v) is 14.6. The lowest BCUT2D eigenvalue weighted by molar-refractivity contribution is -0.384. The van der Waals surface area contributed by atoms with Crippen LogP contribution in [0.4, 0.5) is 23.0 Å². The summed E-state index contributed by atoms with van der Waals surface area (Å²) in [7, 11) is 0. The lowest BCUT2D eigenvalue weighted by Gasteiger charge is -2.35. The molecule has 0 unspecified atom stereocenters. The fraction of sp³-hybridized carbons (Fsp3) is 0.412. The number of aromatic nitrogens is 2. The maximum atomic E-state index is 10.7. The van der Waals surface area contributed by atoms with Crippen LogP contribution in [0.1, 0.15) is 5.82 Å². The normalized spacial score (nSPS) is 15.1. The van der Waals surface area contributed by atoms with Crippen molar-refractivity contribution in [2.24, 2.45) is 0 Å². The van der Waals surface area contributed by atoms with Gasteiger partial charge in [-0.2, -0.15) is 0 Å². The number of aliphatic hydroxyl groups excluding tert-OH is 1. The van der Waals surface area contributed by atoms with Gasteiger partial charge in [0.15, 0.2) is 0 Å². The van der Waals surface area contributed by atoms with Gasteiger partial charge in [0.2, 0.25) is 0 Å². The predicted molar refractivity (Wildman–Crippen MR) is 98.9 cm³/mol. The molecule has 0 spiro atoms. The number of hydrogen-bond acceptors (Lipinski definition) is 8. The Labute approximate surface area is 151 Å². The number of aryl methyl sites for hydroxylation is 1. The first-order valence-corrected chi connectivity index (χ1v) is 8.50. The van der Waals surface area contributed by atoms with Gasteiger partial charge in [-0.05, 0) is 19.1 Å². The van der Waals surface area contributed by atoms with Crippen LogP contribution >= 0.6 is 0 Å². The fourth-order valence-electron chi connectivity index (χ4n) is 2.93. The molecular weight excluding hydrogens is 336 g/mol. The molecule has 0 saturated carbocycles. The second-order valence-electron chi connectivity index (χ2n) is 6.14. The summed E-state index contributed by atoms with van der Waals surface area (Å²) in [5, 5.41) is 23.0. The van der Waals surface area contributed by atoms with Gasteiger partial charge in [-0.25, -0.2) is 9.97 Å². The highest BCUT2D eigenvalue weighted by molar-refractivity contribution is 5.61. The minimum Gasteiger partial charge on any atom is -0.395 e. The Morgan fingerprint density at radius 3 is 2.50 bits per heavy atom. The number of non-ortho nitro benzene ring substituents is 1. The Kier molecular flexibility index (Phi) is 5.59. The third-order valence-corrected chi connectivity index (χ3v) is 4.29. The highest BCUT2D eigenvalue weighted by Gasteiger charge is 2.18. The van der Waals surface area contributed by atoms with Crippen LogP contribution in [-0.2, 0) is 0 Å². The molecule has 138 valence electrons. The molecule has 2 N–H and O–H groups in total. The molecule has 0 radical (unpaired) electrons. The van der Waals surface area contributed by atoms with E-state index in [1.54, 1.807) is 12.1 Å². The smallest absolute Gasteiger partial charge is 0.269 e. The van der Waals surface area contributed by atoms with E-state index in [0.717, 1.165) is 37.7 Å². The molecule has 9 heteroatoms. The number of piperazine rings is 1. The summed E-state index contributed by atoms with van der Waals surface area (Å²) in [6.07, 6.45) is 0. The van der Waals surface area contributed by atoms with Crippen molar-refractivity contribution >= 4 is 23.0 Å². The topological polar surface area (TPSA) is 108 Å². The Morgan fingerprint density at radius 1 is 1.19 bits per heavy atom. The summed E-state index contributed by atoms with van der Waals surface area (Å²) in [5.74, 6) is 2.16. The molecule has 0 aliphatic carbocycles. The average molecular weight is 358 g/mol. The van der Waals surface area contributed by atoms with Gasteiger partial charge in [-0.1, -0.05) is 0 Å². The number of hydrogen-bond donors (Lipinski definition) is 2. The third-order valence-electron chi connectivity index (χ3n) is 4.29. The molecule has 2 aromatic rings. The zero-order chi connectivity index (χ0) is 18.5. The van der Waals surface area contributed by atoms with Crippen molar-refractivity contribution in [3.8, 4) is 0 Å². The maximum absolute atomic E-state index is 10.7. The van der Waals surface area contributed by atoms with Crippen LogP contribution in [0.3, 0.4) is 0 Å². The van der Waals surface area contributed by atoms with E-state index in [4.69, 9.17) is 5.11 Å².